The van der Waals surface area contributed by atoms with E-state index in [1.54, 1.807) is 23.1 Å². The number of ether oxygens (including phenoxy) is 1. The first-order valence-electron chi connectivity index (χ1n) is 10.7. The molecule has 2 amide bonds. The molecule has 0 bridgehead atoms. The van der Waals surface area contributed by atoms with Crippen LogP contribution in [0, 0.1) is 5.41 Å². The van der Waals surface area contributed by atoms with Gasteiger partial charge in [0.2, 0.25) is 5.91 Å². The van der Waals surface area contributed by atoms with E-state index in [1.165, 1.54) is 0 Å². The Balaban J connectivity index is 1.66. The van der Waals surface area contributed by atoms with Crippen molar-refractivity contribution < 1.29 is 18.7 Å². The normalized spacial score (nSPS) is 13.8. The Hall–Kier alpha value is -3.32. The maximum Gasteiger partial charge on any atom is 0.291 e. The maximum absolute atomic E-state index is 13.2. The van der Waals surface area contributed by atoms with Crippen LogP contribution in [0.5, 0.6) is 5.75 Å². The second-order valence-corrected chi connectivity index (χ2v) is 9.34. The Morgan fingerprint density at radius 2 is 1.88 bits per heavy atom. The summed E-state index contributed by atoms with van der Waals surface area (Å²) in [6.45, 7) is 7.16. The summed E-state index contributed by atoms with van der Waals surface area (Å²) < 4.78 is 11.7. The minimum Gasteiger partial charge on any atom is -0.490 e. The van der Waals surface area contributed by atoms with E-state index in [4.69, 9.17) is 9.15 Å². The number of carbonyl (C=O) groups excluding carboxylic acids is 2. The van der Waals surface area contributed by atoms with Gasteiger partial charge in [-0.2, -0.15) is 0 Å². The number of amides is 2. The van der Waals surface area contributed by atoms with E-state index < -0.39 is 5.41 Å². The fraction of sp³-hybridized carbons (Fsp3) is 0.360. The fourth-order valence-corrected chi connectivity index (χ4v) is 3.85. The second kappa shape index (κ2) is 8.31. The molecule has 1 N–H and O–H groups in total. The predicted octanol–water partition coefficient (Wildman–Crippen LogP) is 4.52. The smallest absolute Gasteiger partial charge is 0.291 e. The van der Waals surface area contributed by atoms with Crippen LogP contribution in [0.3, 0.4) is 0 Å². The Kier molecular flexibility index (Phi) is 5.69. The van der Waals surface area contributed by atoms with Crippen LogP contribution in [0.4, 0.5) is 11.4 Å². The van der Waals surface area contributed by atoms with Gasteiger partial charge in [-0.1, -0.05) is 39.0 Å². The number of nitrogens with zero attached hydrogens (tertiary/aromatic N) is 2. The Labute approximate surface area is 187 Å². The molecule has 7 heteroatoms. The Morgan fingerprint density at radius 1 is 1.12 bits per heavy atom. The van der Waals surface area contributed by atoms with Gasteiger partial charge < -0.3 is 24.3 Å². The lowest BCUT2D eigenvalue weighted by molar-refractivity contribution is -0.126. The number of rotatable bonds is 4. The standard InChI is InChI=1S/C25H29N3O4/c1-25(2,3)24(30)28-12-13-31-21-11-10-16(14-19(21)28)26-23(29)22-18(15-27(4)5)17-8-6-7-9-20(17)32-22/h6-11,14H,12-13,15H2,1-5H3,(H,26,29). The molecule has 0 unspecified atom stereocenters. The van der Waals surface area contributed by atoms with E-state index in [0.29, 0.717) is 42.4 Å². The van der Waals surface area contributed by atoms with Crippen LogP contribution in [-0.2, 0) is 11.3 Å². The first-order valence-corrected chi connectivity index (χ1v) is 10.7. The lowest BCUT2D eigenvalue weighted by Crippen LogP contribution is -2.44. The first-order chi connectivity index (χ1) is 15.1. The summed E-state index contributed by atoms with van der Waals surface area (Å²) in [7, 11) is 3.90. The van der Waals surface area contributed by atoms with Gasteiger partial charge in [0, 0.05) is 28.6 Å². The van der Waals surface area contributed by atoms with Crippen LogP contribution in [0.25, 0.3) is 11.0 Å². The van der Waals surface area contributed by atoms with E-state index in [0.717, 1.165) is 10.9 Å². The topological polar surface area (TPSA) is 75.0 Å². The molecule has 1 aromatic heterocycles. The molecule has 0 saturated carbocycles. The summed E-state index contributed by atoms with van der Waals surface area (Å²) in [6.07, 6.45) is 0. The third-order valence-electron chi connectivity index (χ3n) is 5.35. The van der Waals surface area contributed by atoms with Crippen molar-refractivity contribution in [1.82, 2.24) is 4.90 Å². The van der Waals surface area contributed by atoms with Crippen molar-refractivity contribution in [2.45, 2.75) is 27.3 Å². The molecule has 0 fully saturated rings. The molecule has 32 heavy (non-hydrogen) atoms. The Bertz CT molecular complexity index is 1170. The van der Waals surface area contributed by atoms with Gasteiger partial charge in [-0.3, -0.25) is 9.59 Å². The number of hydrogen-bond donors (Lipinski definition) is 1. The molecule has 2 heterocycles. The molecule has 0 aliphatic carbocycles. The van der Waals surface area contributed by atoms with Crippen molar-refractivity contribution in [1.29, 1.82) is 0 Å². The fourth-order valence-electron chi connectivity index (χ4n) is 3.85. The van der Waals surface area contributed by atoms with Crippen molar-refractivity contribution in [2.75, 3.05) is 37.5 Å². The number of anilines is 2. The van der Waals surface area contributed by atoms with E-state index in [1.807, 2.05) is 64.0 Å². The van der Waals surface area contributed by atoms with Crippen LogP contribution in [-0.4, -0.2) is 44.0 Å². The molecule has 7 nitrogen and oxygen atoms in total. The van der Waals surface area contributed by atoms with E-state index in [2.05, 4.69) is 5.32 Å². The van der Waals surface area contributed by atoms with Gasteiger partial charge in [-0.05, 0) is 38.4 Å². The van der Waals surface area contributed by atoms with E-state index >= 15 is 0 Å². The SMILES string of the molecule is CN(C)Cc1c(C(=O)Nc2ccc3c(c2)N(C(=O)C(C)(C)C)CCO3)oc2ccccc12. The minimum absolute atomic E-state index is 0.0103. The maximum atomic E-state index is 13.2. The molecule has 168 valence electrons. The molecule has 4 rings (SSSR count). The van der Waals surface area contributed by atoms with E-state index in [-0.39, 0.29) is 17.6 Å². The highest BCUT2D eigenvalue weighted by atomic mass is 16.5. The van der Waals surface area contributed by atoms with Crippen molar-refractivity contribution in [3.05, 3.63) is 53.8 Å². The average molecular weight is 436 g/mol. The zero-order valence-corrected chi connectivity index (χ0v) is 19.2. The quantitative estimate of drug-likeness (QED) is 0.652. The lowest BCUT2D eigenvalue weighted by Gasteiger charge is -2.34. The number of hydrogen-bond acceptors (Lipinski definition) is 5. The summed E-state index contributed by atoms with van der Waals surface area (Å²) in [6, 6.07) is 13.0. The monoisotopic (exact) mass is 435 g/mol. The number of nitrogens with one attached hydrogen (secondary N) is 1. The summed E-state index contributed by atoms with van der Waals surface area (Å²) in [5.41, 5.74) is 2.22. The third kappa shape index (κ3) is 4.21. The molecule has 0 spiro atoms. The number of fused-ring (bicyclic) bond motifs is 2. The van der Waals surface area contributed by atoms with Crippen LogP contribution in [0.15, 0.2) is 46.9 Å². The van der Waals surface area contributed by atoms with Crippen LogP contribution < -0.4 is 15.0 Å². The largest absolute Gasteiger partial charge is 0.490 e. The van der Waals surface area contributed by atoms with Gasteiger partial charge >= 0.3 is 0 Å². The summed E-state index contributed by atoms with van der Waals surface area (Å²) in [5.74, 6) is 0.597. The van der Waals surface area contributed by atoms with Crippen molar-refractivity contribution in [3.8, 4) is 5.75 Å². The average Bonchev–Trinajstić information content (AvgIpc) is 3.10. The Morgan fingerprint density at radius 3 is 2.59 bits per heavy atom. The van der Waals surface area contributed by atoms with Crippen LogP contribution in [0.1, 0.15) is 36.9 Å². The second-order valence-electron chi connectivity index (χ2n) is 9.34. The molecule has 0 saturated heterocycles. The first kappa shape index (κ1) is 21.9. The molecule has 1 aliphatic rings. The van der Waals surface area contributed by atoms with Gasteiger partial charge in [0.1, 0.15) is 17.9 Å². The summed E-state index contributed by atoms with van der Waals surface area (Å²) in [4.78, 5) is 29.9. The van der Waals surface area contributed by atoms with Crippen LogP contribution >= 0.6 is 0 Å². The highest BCUT2D eigenvalue weighted by Crippen LogP contribution is 2.37. The number of benzene rings is 2. The minimum atomic E-state index is -0.525. The molecular formula is C25H29N3O4. The zero-order chi connectivity index (χ0) is 23.0. The van der Waals surface area contributed by atoms with Crippen LogP contribution in [0.2, 0.25) is 0 Å². The molecular weight excluding hydrogens is 406 g/mol. The van der Waals surface area contributed by atoms with Crippen molar-refractivity contribution in [3.63, 3.8) is 0 Å². The van der Waals surface area contributed by atoms with Gasteiger partial charge in [0.05, 0.1) is 12.2 Å². The highest BCUT2D eigenvalue weighted by Gasteiger charge is 2.32. The molecule has 1 aliphatic heterocycles. The number of furan rings is 1. The van der Waals surface area contributed by atoms with Gasteiger partial charge in [0.15, 0.2) is 5.76 Å². The zero-order valence-electron chi connectivity index (χ0n) is 19.2. The predicted molar refractivity (Wildman–Crippen MR) is 125 cm³/mol. The summed E-state index contributed by atoms with van der Waals surface area (Å²) >= 11 is 0. The molecule has 0 radical (unpaired) electrons. The van der Waals surface area contributed by atoms with Gasteiger partial charge in [0.25, 0.3) is 5.91 Å². The van der Waals surface area contributed by atoms with Gasteiger partial charge in [-0.25, -0.2) is 0 Å². The third-order valence-corrected chi connectivity index (χ3v) is 5.35. The number of carbonyl (C=O) groups is 2. The molecule has 3 aromatic rings. The van der Waals surface area contributed by atoms with Gasteiger partial charge in [-0.15, -0.1) is 0 Å². The van der Waals surface area contributed by atoms with Crippen molar-refractivity contribution in [2.24, 2.45) is 5.41 Å². The highest BCUT2D eigenvalue weighted by molar-refractivity contribution is 6.07. The van der Waals surface area contributed by atoms with E-state index in [9.17, 15) is 9.59 Å². The summed E-state index contributed by atoms with van der Waals surface area (Å²) in [5, 5.41) is 3.86. The molecule has 2 aromatic carbocycles. The van der Waals surface area contributed by atoms with Crippen molar-refractivity contribution >= 4 is 34.2 Å². The lowest BCUT2D eigenvalue weighted by atomic mass is 9.94. The molecule has 0 atom stereocenters. The number of para-hydroxylation sites is 1.